The molecule has 0 bridgehead atoms. The molecule has 0 fully saturated rings. The third-order valence-corrected chi connectivity index (χ3v) is 3.11. The minimum absolute atomic E-state index is 0.209. The second-order valence-electron chi connectivity index (χ2n) is 4.29. The van der Waals surface area contributed by atoms with Crippen LogP contribution in [0.25, 0.3) is 0 Å². The van der Waals surface area contributed by atoms with Gasteiger partial charge in [-0.15, -0.1) is 0 Å². The van der Waals surface area contributed by atoms with Crippen LogP contribution in [-0.2, 0) is 11.2 Å². The number of aryl methyl sites for hydroxylation is 1. The monoisotopic (exact) mass is 228 g/mol. The van der Waals surface area contributed by atoms with E-state index in [-0.39, 0.29) is 5.91 Å². The molecule has 1 heterocycles. The van der Waals surface area contributed by atoms with Crippen LogP contribution in [0, 0.1) is 11.3 Å². The molecular weight excluding hydrogens is 212 g/mol. The van der Waals surface area contributed by atoms with E-state index in [4.69, 9.17) is 5.26 Å². The van der Waals surface area contributed by atoms with Crippen molar-refractivity contribution in [2.75, 3.05) is 11.4 Å². The molecule has 0 unspecified atom stereocenters. The van der Waals surface area contributed by atoms with E-state index in [1.54, 1.807) is 0 Å². The summed E-state index contributed by atoms with van der Waals surface area (Å²) in [6.07, 6.45) is 3.79. The van der Waals surface area contributed by atoms with Crippen LogP contribution in [0.3, 0.4) is 0 Å². The maximum atomic E-state index is 11.9. The van der Waals surface area contributed by atoms with E-state index >= 15 is 0 Å². The van der Waals surface area contributed by atoms with E-state index in [1.165, 1.54) is 5.56 Å². The first-order valence-electron chi connectivity index (χ1n) is 6.08. The molecule has 1 aliphatic rings. The molecule has 0 saturated carbocycles. The van der Waals surface area contributed by atoms with Gasteiger partial charge in [-0.2, -0.15) is 5.26 Å². The summed E-state index contributed by atoms with van der Waals surface area (Å²) in [4.78, 5) is 13.8. The topological polar surface area (TPSA) is 44.1 Å². The number of amides is 1. The van der Waals surface area contributed by atoms with Crippen LogP contribution < -0.4 is 4.90 Å². The Kier molecular flexibility index (Phi) is 3.77. The van der Waals surface area contributed by atoms with E-state index < -0.39 is 0 Å². The Hall–Kier alpha value is -1.82. The van der Waals surface area contributed by atoms with E-state index in [0.29, 0.717) is 12.8 Å². The Bertz CT molecular complexity index is 448. The first kappa shape index (κ1) is 11.7. The number of nitriles is 1. The molecule has 1 amide bonds. The van der Waals surface area contributed by atoms with Gasteiger partial charge in [0.2, 0.25) is 5.91 Å². The van der Waals surface area contributed by atoms with E-state index in [9.17, 15) is 4.79 Å². The van der Waals surface area contributed by atoms with E-state index in [2.05, 4.69) is 12.1 Å². The highest BCUT2D eigenvalue weighted by Crippen LogP contribution is 2.27. The highest BCUT2D eigenvalue weighted by molar-refractivity contribution is 5.96. The summed E-state index contributed by atoms with van der Waals surface area (Å²) < 4.78 is 0. The van der Waals surface area contributed by atoms with Gasteiger partial charge in [-0.25, -0.2) is 0 Å². The first-order chi connectivity index (χ1) is 8.33. The zero-order chi connectivity index (χ0) is 12.1. The molecule has 1 aromatic rings. The average Bonchev–Trinajstić information content (AvgIpc) is 2.37. The summed E-state index contributed by atoms with van der Waals surface area (Å²) in [6, 6.07) is 10.2. The van der Waals surface area contributed by atoms with Gasteiger partial charge in [0, 0.05) is 25.1 Å². The number of carbonyl (C=O) groups excluding carboxylic acids is 1. The molecular formula is C14H16N2O. The minimum Gasteiger partial charge on any atom is -0.312 e. The summed E-state index contributed by atoms with van der Waals surface area (Å²) in [5, 5.41) is 8.48. The molecule has 0 atom stereocenters. The fraction of sp³-hybridized carbons (Fsp3) is 0.429. The van der Waals surface area contributed by atoms with Crippen molar-refractivity contribution in [3.8, 4) is 6.07 Å². The third-order valence-electron chi connectivity index (χ3n) is 3.11. The van der Waals surface area contributed by atoms with Crippen LogP contribution in [0.1, 0.15) is 31.2 Å². The zero-order valence-electron chi connectivity index (χ0n) is 9.85. The molecule has 0 saturated heterocycles. The zero-order valence-corrected chi connectivity index (χ0v) is 9.85. The summed E-state index contributed by atoms with van der Waals surface area (Å²) in [5.41, 5.74) is 2.31. The number of fused-ring (bicyclic) bond motifs is 1. The van der Waals surface area contributed by atoms with Crippen molar-refractivity contribution in [2.45, 2.75) is 32.1 Å². The summed E-state index contributed by atoms with van der Waals surface area (Å²) in [5.74, 6) is 0.209. The first-order valence-corrected chi connectivity index (χ1v) is 6.08. The predicted octanol–water partition coefficient (Wildman–Crippen LogP) is 2.66. The highest BCUT2D eigenvalue weighted by atomic mass is 16.2. The van der Waals surface area contributed by atoms with Gasteiger partial charge < -0.3 is 4.90 Å². The second kappa shape index (κ2) is 5.49. The summed E-state index contributed by atoms with van der Waals surface area (Å²) in [6.45, 7) is 0.734. The Morgan fingerprint density at radius 1 is 1.24 bits per heavy atom. The lowest BCUT2D eigenvalue weighted by atomic mass is 10.0. The molecule has 0 aliphatic carbocycles. The fourth-order valence-corrected chi connectivity index (χ4v) is 2.22. The van der Waals surface area contributed by atoms with Crippen molar-refractivity contribution in [1.82, 2.24) is 0 Å². The van der Waals surface area contributed by atoms with Crippen LogP contribution in [-0.4, -0.2) is 12.5 Å². The molecule has 1 aromatic carbocycles. The van der Waals surface area contributed by atoms with Crippen LogP contribution >= 0.6 is 0 Å². The van der Waals surface area contributed by atoms with Crippen molar-refractivity contribution in [1.29, 1.82) is 5.26 Å². The maximum absolute atomic E-state index is 11.9. The van der Waals surface area contributed by atoms with Gasteiger partial charge in [0.1, 0.15) is 0 Å². The standard InChI is InChI=1S/C14H16N2O/c15-10-4-1-5-11-16-13-7-3-2-6-12(13)8-9-14(16)17/h2-3,6-7H,1,4-5,8-9,11H2. The molecule has 17 heavy (non-hydrogen) atoms. The van der Waals surface area contributed by atoms with Gasteiger partial charge >= 0.3 is 0 Å². The van der Waals surface area contributed by atoms with Crippen LogP contribution in [0.15, 0.2) is 24.3 Å². The minimum atomic E-state index is 0.209. The molecule has 3 nitrogen and oxygen atoms in total. The van der Waals surface area contributed by atoms with Gasteiger partial charge in [0.05, 0.1) is 6.07 Å². The third kappa shape index (κ3) is 2.65. The normalized spacial score (nSPS) is 14.3. The van der Waals surface area contributed by atoms with Gasteiger partial charge in [0.25, 0.3) is 0 Å². The molecule has 2 rings (SSSR count). The number of anilines is 1. The highest BCUT2D eigenvalue weighted by Gasteiger charge is 2.22. The molecule has 1 aliphatic heterocycles. The summed E-state index contributed by atoms with van der Waals surface area (Å²) >= 11 is 0. The lowest BCUT2D eigenvalue weighted by Crippen LogP contribution is -2.35. The van der Waals surface area contributed by atoms with Gasteiger partial charge in [0.15, 0.2) is 0 Å². The van der Waals surface area contributed by atoms with E-state index in [1.807, 2.05) is 23.1 Å². The number of hydrogen-bond donors (Lipinski definition) is 0. The Morgan fingerprint density at radius 3 is 2.88 bits per heavy atom. The maximum Gasteiger partial charge on any atom is 0.227 e. The number of rotatable bonds is 4. The number of hydrogen-bond acceptors (Lipinski definition) is 2. The Balaban J connectivity index is 2.05. The second-order valence-corrected chi connectivity index (χ2v) is 4.29. The number of nitrogens with zero attached hydrogens (tertiary/aromatic N) is 2. The fourth-order valence-electron chi connectivity index (χ4n) is 2.22. The van der Waals surface area contributed by atoms with Crippen molar-refractivity contribution in [3.05, 3.63) is 29.8 Å². The predicted molar refractivity (Wildman–Crippen MR) is 66.6 cm³/mol. The van der Waals surface area contributed by atoms with Crippen LogP contribution in [0.5, 0.6) is 0 Å². The SMILES string of the molecule is N#CCCCCN1C(=O)CCc2ccccc21. The van der Waals surface area contributed by atoms with Crippen molar-refractivity contribution in [2.24, 2.45) is 0 Å². The molecule has 0 radical (unpaired) electrons. The average molecular weight is 228 g/mol. The van der Waals surface area contributed by atoms with Gasteiger partial charge in [-0.1, -0.05) is 18.2 Å². The van der Waals surface area contributed by atoms with Gasteiger partial charge in [-0.3, -0.25) is 4.79 Å². The van der Waals surface area contributed by atoms with Crippen molar-refractivity contribution < 1.29 is 4.79 Å². The number of carbonyl (C=O) groups is 1. The Labute approximate surface area is 102 Å². The molecule has 0 N–H and O–H groups in total. The van der Waals surface area contributed by atoms with Crippen molar-refractivity contribution in [3.63, 3.8) is 0 Å². The van der Waals surface area contributed by atoms with E-state index in [0.717, 1.165) is 31.5 Å². The van der Waals surface area contributed by atoms with Crippen LogP contribution in [0.4, 0.5) is 5.69 Å². The molecule has 3 heteroatoms. The number of benzene rings is 1. The molecule has 88 valence electrons. The number of para-hydroxylation sites is 1. The Morgan fingerprint density at radius 2 is 2.06 bits per heavy atom. The lowest BCUT2D eigenvalue weighted by molar-refractivity contribution is -0.118. The summed E-state index contributed by atoms with van der Waals surface area (Å²) in [7, 11) is 0. The van der Waals surface area contributed by atoms with Crippen LogP contribution in [0.2, 0.25) is 0 Å². The lowest BCUT2D eigenvalue weighted by Gasteiger charge is -2.29. The largest absolute Gasteiger partial charge is 0.312 e. The van der Waals surface area contributed by atoms with Gasteiger partial charge in [-0.05, 0) is 30.9 Å². The quantitative estimate of drug-likeness (QED) is 0.744. The smallest absolute Gasteiger partial charge is 0.227 e. The molecule has 0 aromatic heterocycles. The molecule has 0 spiro atoms. The number of unbranched alkanes of at least 4 members (excludes halogenated alkanes) is 2. The van der Waals surface area contributed by atoms with Crippen molar-refractivity contribution >= 4 is 11.6 Å².